The lowest BCUT2D eigenvalue weighted by Gasteiger charge is -2.40. The average Bonchev–Trinajstić information content (AvgIpc) is 2.89. The average molecular weight is 481 g/mol. The number of allylic oxidation sites excluding steroid dienone is 2. The van der Waals surface area contributed by atoms with E-state index in [-0.39, 0.29) is 29.1 Å². The van der Waals surface area contributed by atoms with E-state index in [9.17, 15) is 14.8 Å². The highest BCUT2D eigenvalue weighted by Crippen LogP contribution is 2.50. The summed E-state index contributed by atoms with van der Waals surface area (Å²) in [5.74, 6) is -0.963. The van der Waals surface area contributed by atoms with Crippen LogP contribution in [0, 0.1) is 34.8 Å². The first-order valence-corrected chi connectivity index (χ1v) is 12.0. The van der Waals surface area contributed by atoms with Crippen molar-refractivity contribution in [1.29, 1.82) is 5.26 Å². The fraction of sp³-hybridized carbons (Fsp3) is 0.241. The van der Waals surface area contributed by atoms with Crippen molar-refractivity contribution in [3.05, 3.63) is 89.0 Å². The van der Waals surface area contributed by atoms with Crippen molar-refractivity contribution in [2.24, 2.45) is 11.8 Å². The van der Waals surface area contributed by atoms with E-state index in [1.807, 2.05) is 37.3 Å². The van der Waals surface area contributed by atoms with Crippen molar-refractivity contribution in [3.63, 3.8) is 0 Å². The van der Waals surface area contributed by atoms with Crippen LogP contribution in [-0.2, 0) is 6.42 Å². The Morgan fingerprint density at radius 2 is 1.89 bits per heavy atom. The molecule has 2 aromatic carbocycles. The van der Waals surface area contributed by atoms with Gasteiger partial charge < -0.3 is 5.11 Å². The smallest absolute Gasteiger partial charge is 0.160 e. The number of nitrogens with zero attached hydrogens (tertiary/aromatic N) is 4. The molecule has 0 spiro atoms. The number of nitriles is 1. The van der Waals surface area contributed by atoms with E-state index in [0.717, 1.165) is 40.2 Å². The zero-order chi connectivity index (χ0) is 25.0. The van der Waals surface area contributed by atoms with Crippen LogP contribution in [0.2, 0.25) is 0 Å². The first-order chi connectivity index (χ1) is 17.5. The van der Waals surface area contributed by atoms with E-state index in [0.29, 0.717) is 29.9 Å². The van der Waals surface area contributed by atoms with E-state index >= 15 is 4.39 Å². The van der Waals surface area contributed by atoms with Crippen LogP contribution in [0.1, 0.15) is 36.9 Å². The molecule has 2 aromatic heterocycles. The topological polar surface area (TPSA) is 82.7 Å². The quantitative estimate of drug-likeness (QED) is 0.347. The lowest BCUT2D eigenvalue weighted by Crippen LogP contribution is -2.33. The van der Waals surface area contributed by atoms with Crippen molar-refractivity contribution in [1.82, 2.24) is 15.0 Å². The summed E-state index contributed by atoms with van der Waals surface area (Å²) in [5, 5.41) is 21.1. The molecule has 0 aliphatic heterocycles. The predicted octanol–water partition coefficient (Wildman–Crippen LogP) is 6.66. The Bertz CT molecular complexity index is 1600. The molecule has 1 N–H and O–H groups in total. The van der Waals surface area contributed by atoms with Crippen LogP contribution >= 0.6 is 0 Å². The normalized spacial score (nSPS) is 21.1. The molecule has 2 heterocycles. The first-order valence-electron chi connectivity index (χ1n) is 12.0. The Morgan fingerprint density at radius 1 is 1.06 bits per heavy atom. The van der Waals surface area contributed by atoms with Crippen LogP contribution in [0.5, 0.6) is 0 Å². The molecule has 2 aliphatic carbocycles. The third-order valence-electron chi connectivity index (χ3n) is 7.65. The van der Waals surface area contributed by atoms with Crippen LogP contribution in [0.4, 0.5) is 8.78 Å². The Balaban J connectivity index is 1.63. The maximum atomic E-state index is 15.1. The van der Waals surface area contributed by atoms with Gasteiger partial charge in [0.1, 0.15) is 17.4 Å². The molecule has 0 bridgehead atoms. The minimum absolute atomic E-state index is 0.0949. The Morgan fingerprint density at radius 3 is 2.69 bits per heavy atom. The van der Waals surface area contributed by atoms with Gasteiger partial charge in [-0.2, -0.15) is 5.26 Å². The molecule has 2 aliphatic rings. The minimum Gasteiger partial charge on any atom is -0.511 e. The van der Waals surface area contributed by atoms with Gasteiger partial charge in [-0.25, -0.2) is 18.7 Å². The van der Waals surface area contributed by atoms with Gasteiger partial charge in [0.25, 0.3) is 0 Å². The summed E-state index contributed by atoms with van der Waals surface area (Å²) in [6.45, 7) is 1.94. The number of aliphatic hydroxyl groups excluding tert-OH is 1. The molecule has 4 aromatic rings. The summed E-state index contributed by atoms with van der Waals surface area (Å²) in [6.07, 6.45) is 3.40. The molecule has 0 saturated carbocycles. The molecular formula is C29H22F2N4O. The molecule has 3 atom stereocenters. The highest BCUT2D eigenvalue weighted by molar-refractivity contribution is 5.92. The number of fused-ring (bicyclic) bond motifs is 4. The van der Waals surface area contributed by atoms with Gasteiger partial charge in [-0.3, -0.25) is 4.98 Å². The first kappa shape index (κ1) is 22.3. The second kappa shape index (κ2) is 8.49. The van der Waals surface area contributed by atoms with Gasteiger partial charge in [0, 0.05) is 46.2 Å². The van der Waals surface area contributed by atoms with E-state index in [2.05, 4.69) is 11.1 Å². The van der Waals surface area contributed by atoms with E-state index in [1.165, 1.54) is 12.1 Å². The predicted molar refractivity (Wildman–Crippen MR) is 132 cm³/mol. The van der Waals surface area contributed by atoms with Crippen molar-refractivity contribution in [2.75, 3.05) is 0 Å². The van der Waals surface area contributed by atoms with Crippen molar-refractivity contribution < 1.29 is 13.9 Å². The molecule has 5 nitrogen and oxygen atoms in total. The van der Waals surface area contributed by atoms with Crippen LogP contribution in [0.25, 0.3) is 33.5 Å². The van der Waals surface area contributed by atoms with Crippen molar-refractivity contribution >= 4 is 10.9 Å². The molecule has 0 radical (unpaired) electrons. The maximum Gasteiger partial charge on any atom is 0.160 e. The number of aromatic nitrogens is 3. The molecule has 36 heavy (non-hydrogen) atoms. The number of benzene rings is 2. The fourth-order valence-electron chi connectivity index (χ4n) is 5.84. The molecule has 0 saturated heterocycles. The maximum absolute atomic E-state index is 15.1. The number of para-hydroxylation sites is 1. The molecule has 178 valence electrons. The summed E-state index contributed by atoms with van der Waals surface area (Å²) < 4.78 is 28.8. The fourth-order valence-corrected chi connectivity index (χ4v) is 5.84. The second-order valence-electron chi connectivity index (χ2n) is 9.54. The van der Waals surface area contributed by atoms with E-state index in [1.54, 1.807) is 6.20 Å². The highest BCUT2D eigenvalue weighted by Gasteiger charge is 2.42. The third kappa shape index (κ3) is 3.44. The largest absolute Gasteiger partial charge is 0.511 e. The van der Waals surface area contributed by atoms with Gasteiger partial charge in [-0.05, 0) is 49.4 Å². The molecule has 7 heteroatoms. The van der Waals surface area contributed by atoms with E-state index < -0.39 is 11.6 Å². The van der Waals surface area contributed by atoms with Gasteiger partial charge in [-0.15, -0.1) is 0 Å². The van der Waals surface area contributed by atoms with Gasteiger partial charge in [0.15, 0.2) is 5.82 Å². The minimum atomic E-state index is -0.684. The molecule has 6 rings (SSSR count). The SMILES string of the molecule is CC1C(O)=C(C#N)CC2c3nc(-c4ccnc5ccccc45)nc(-c4ccc(F)cc4F)c3CCC12. The Kier molecular flexibility index (Phi) is 5.26. The van der Waals surface area contributed by atoms with Gasteiger partial charge in [-0.1, -0.05) is 25.1 Å². The number of hydrogen-bond acceptors (Lipinski definition) is 5. The van der Waals surface area contributed by atoms with Crippen molar-refractivity contribution in [3.8, 4) is 28.7 Å². The van der Waals surface area contributed by atoms with Crippen LogP contribution < -0.4 is 0 Å². The van der Waals surface area contributed by atoms with Gasteiger partial charge in [0.05, 0.1) is 28.5 Å². The highest BCUT2D eigenvalue weighted by atomic mass is 19.1. The Labute approximate surface area is 206 Å². The zero-order valence-corrected chi connectivity index (χ0v) is 19.5. The standard InChI is InChI=1S/C29H22F2N4O/c1-15-18-8-9-22-26(21-7-6-17(30)13-24(21)31)34-29(20-10-11-33-25-5-3-2-4-19(20)25)35-27(22)23(18)12-16(14-32)28(15)36/h2-7,10-11,13,15,18,23,36H,8-9,12H2,1H3. The second-order valence-corrected chi connectivity index (χ2v) is 9.54. The Hall–Kier alpha value is -4.18. The number of hydrogen-bond donors (Lipinski definition) is 1. The summed E-state index contributed by atoms with van der Waals surface area (Å²) in [6, 6.07) is 15.2. The zero-order valence-electron chi connectivity index (χ0n) is 19.5. The number of halogens is 2. The lowest BCUT2D eigenvalue weighted by molar-refractivity contribution is 0.198. The van der Waals surface area contributed by atoms with Crippen LogP contribution in [0.3, 0.4) is 0 Å². The van der Waals surface area contributed by atoms with Crippen LogP contribution in [0.15, 0.2) is 66.1 Å². The molecule has 0 fully saturated rings. The number of pyridine rings is 1. The molecule has 0 amide bonds. The lowest BCUT2D eigenvalue weighted by atomic mass is 9.65. The third-order valence-corrected chi connectivity index (χ3v) is 7.65. The summed E-state index contributed by atoms with van der Waals surface area (Å²) in [5.41, 5.74) is 4.15. The van der Waals surface area contributed by atoms with E-state index in [4.69, 9.17) is 9.97 Å². The summed E-state index contributed by atoms with van der Waals surface area (Å²) in [7, 11) is 0. The number of aliphatic hydroxyl groups is 1. The summed E-state index contributed by atoms with van der Waals surface area (Å²) in [4.78, 5) is 14.3. The van der Waals surface area contributed by atoms with Gasteiger partial charge >= 0.3 is 0 Å². The molecule has 3 unspecified atom stereocenters. The van der Waals surface area contributed by atoms with Gasteiger partial charge in [0.2, 0.25) is 0 Å². The van der Waals surface area contributed by atoms with Crippen LogP contribution in [-0.4, -0.2) is 20.1 Å². The monoisotopic (exact) mass is 480 g/mol. The molecular weight excluding hydrogens is 458 g/mol. The van der Waals surface area contributed by atoms with Crippen molar-refractivity contribution in [2.45, 2.75) is 32.1 Å². The summed E-state index contributed by atoms with van der Waals surface area (Å²) >= 11 is 0. The number of rotatable bonds is 2.